The monoisotopic (exact) mass is 795 g/mol. The van der Waals surface area contributed by atoms with Gasteiger partial charge in [0.25, 0.3) is 11.8 Å². The molecule has 5 aromatic carbocycles. The molecule has 4 amide bonds. The van der Waals surface area contributed by atoms with E-state index in [1.165, 1.54) is 51.1 Å². The molecular weight excluding hydrogens is 770 g/mol. The molecule has 0 atom stereocenters. The number of thioether (sulfide) groups is 2. The van der Waals surface area contributed by atoms with Crippen LogP contribution in [0.3, 0.4) is 0 Å². The molecular formula is C38H26ClN5O5S4. The lowest BCUT2D eigenvalue weighted by atomic mass is 9.94. The van der Waals surface area contributed by atoms with E-state index >= 15 is 0 Å². The van der Waals surface area contributed by atoms with Crippen LogP contribution in [-0.4, -0.2) is 58.3 Å². The molecule has 10 nitrogen and oxygen atoms in total. The number of hydrogen-bond donors (Lipinski definition) is 2. The lowest BCUT2D eigenvalue weighted by molar-refractivity contribution is -0.118. The summed E-state index contributed by atoms with van der Waals surface area (Å²) in [6.07, 6.45) is 0. The van der Waals surface area contributed by atoms with Crippen LogP contribution < -0.4 is 20.3 Å². The summed E-state index contributed by atoms with van der Waals surface area (Å²) in [5.74, 6) is -0.00277. The normalized spacial score (nSPS) is 12.5. The quantitative estimate of drug-likeness (QED) is 0.0710. The number of nitrogens with one attached hydrogen (secondary N) is 2. The Kier molecular flexibility index (Phi) is 10.0. The summed E-state index contributed by atoms with van der Waals surface area (Å²) >= 11 is 11.4. The van der Waals surface area contributed by atoms with Crippen molar-refractivity contribution in [3.05, 3.63) is 113 Å². The predicted molar refractivity (Wildman–Crippen MR) is 214 cm³/mol. The van der Waals surface area contributed by atoms with Gasteiger partial charge in [-0.25, -0.2) is 14.9 Å². The van der Waals surface area contributed by atoms with Crippen LogP contribution in [0.2, 0.25) is 5.02 Å². The second kappa shape index (κ2) is 15.2. The van der Waals surface area contributed by atoms with E-state index < -0.39 is 0 Å². The number of aromatic nitrogens is 2. The Morgan fingerprint density at radius 3 is 2.06 bits per heavy atom. The fourth-order valence-electron chi connectivity index (χ4n) is 5.79. The highest BCUT2D eigenvalue weighted by Crippen LogP contribution is 2.37. The molecule has 2 N–H and O–H groups in total. The zero-order chi connectivity index (χ0) is 36.5. The van der Waals surface area contributed by atoms with Crippen LogP contribution in [0, 0.1) is 0 Å². The molecule has 0 radical (unpaired) electrons. The molecule has 15 heteroatoms. The smallest absolute Gasteiger partial charge is 0.265 e. The Morgan fingerprint density at radius 2 is 1.38 bits per heavy atom. The van der Waals surface area contributed by atoms with Crippen LogP contribution in [0.5, 0.6) is 5.75 Å². The van der Waals surface area contributed by atoms with Gasteiger partial charge in [-0.15, -0.1) is 22.7 Å². The number of nitrogens with zero attached hydrogens (tertiary/aromatic N) is 3. The third-order valence-corrected chi connectivity index (χ3v) is 12.8. The minimum Gasteiger partial charge on any atom is -0.492 e. The van der Waals surface area contributed by atoms with Gasteiger partial charge in [-0.3, -0.25) is 19.2 Å². The van der Waals surface area contributed by atoms with E-state index in [1.54, 1.807) is 60.7 Å². The van der Waals surface area contributed by atoms with Gasteiger partial charge in [-0.1, -0.05) is 59.4 Å². The van der Waals surface area contributed by atoms with E-state index in [0.717, 1.165) is 24.6 Å². The van der Waals surface area contributed by atoms with Gasteiger partial charge < -0.3 is 15.4 Å². The molecule has 7 aromatic rings. The van der Waals surface area contributed by atoms with Crippen molar-refractivity contribution >= 4 is 124 Å². The number of carbonyl (C=O) groups is 4. The van der Waals surface area contributed by atoms with Crippen molar-refractivity contribution in [2.45, 2.75) is 8.68 Å². The van der Waals surface area contributed by atoms with Crippen LogP contribution in [-0.2, 0) is 9.59 Å². The molecule has 1 aliphatic rings. The van der Waals surface area contributed by atoms with Gasteiger partial charge in [0.15, 0.2) is 8.68 Å². The highest BCUT2D eigenvalue weighted by Gasteiger charge is 2.34. The highest BCUT2D eigenvalue weighted by molar-refractivity contribution is 8.02. The summed E-state index contributed by atoms with van der Waals surface area (Å²) in [7, 11) is 0. The summed E-state index contributed by atoms with van der Waals surface area (Å²) in [4.78, 5) is 62.8. The summed E-state index contributed by atoms with van der Waals surface area (Å²) < 4.78 is 8.74. The molecule has 8 rings (SSSR count). The largest absolute Gasteiger partial charge is 0.492 e. The van der Waals surface area contributed by atoms with E-state index in [2.05, 4.69) is 20.6 Å². The van der Waals surface area contributed by atoms with E-state index in [-0.39, 0.29) is 35.1 Å². The summed E-state index contributed by atoms with van der Waals surface area (Å²) in [6.45, 7) is 0.715. The molecule has 53 heavy (non-hydrogen) atoms. The average molecular weight is 796 g/mol. The number of imide groups is 1. The number of thiazole rings is 2. The van der Waals surface area contributed by atoms with Gasteiger partial charge in [0.1, 0.15) is 12.4 Å². The van der Waals surface area contributed by atoms with Crippen LogP contribution >= 0.6 is 57.8 Å². The van der Waals surface area contributed by atoms with Crippen molar-refractivity contribution < 1.29 is 23.9 Å². The fourth-order valence-corrected chi connectivity index (χ4v) is 9.76. The van der Waals surface area contributed by atoms with Gasteiger partial charge in [0.05, 0.1) is 44.2 Å². The van der Waals surface area contributed by atoms with Crippen LogP contribution in [0.1, 0.15) is 20.7 Å². The molecule has 0 bridgehead atoms. The molecule has 264 valence electrons. The lowest BCUT2D eigenvalue weighted by Gasteiger charge is -2.27. The standard InChI is InChI=1S/C38H26ClN5O5S4/c39-22-7-11-25(12-8-22)49-16-15-40-32(45)19-50-37-42-28-13-9-23(17-30(28)52-37)41-33(46)20-51-38-43-29-14-10-24(18-31(29)53-38)44-35(47)26-5-1-3-21-4-2-6-27(34(21)26)36(44)48/h1-14,17-18H,15-16,19-20H2,(H,40,45)(H,41,46). The summed E-state index contributed by atoms with van der Waals surface area (Å²) in [6, 6.07) is 28.8. The first-order valence-electron chi connectivity index (χ1n) is 16.2. The second-order valence-electron chi connectivity index (χ2n) is 11.7. The Labute approximate surface area is 323 Å². The molecule has 0 fully saturated rings. The number of ether oxygens (including phenoxy) is 1. The summed E-state index contributed by atoms with van der Waals surface area (Å²) in [5, 5.41) is 7.95. The van der Waals surface area contributed by atoms with Crippen molar-refractivity contribution in [3.8, 4) is 5.75 Å². The number of carbonyl (C=O) groups excluding carboxylic acids is 4. The van der Waals surface area contributed by atoms with Crippen molar-refractivity contribution in [2.24, 2.45) is 0 Å². The molecule has 0 saturated heterocycles. The number of benzene rings is 5. The van der Waals surface area contributed by atoms with E-state index in [9.17, 15) is 19.2 Å². The van der Waals surface area contributed by atoms with Crippen molar-refractivity contribution in [1.29, 1.82) is 0 Å². The van der Waals surface area contributed by atoms with E-state index in [0.29, 0.717) is 61.7 Å². The van der Waals surface area contributed by atoms with Crippen LogP contribution in [0.25, 0.3) is 31.2 Å². The Hall–Kier alpha value is -4.99. The van der Waals surface area contributed by atoms with Gasteiger partial charge in [0.2, 0.25) is 11.8 Å². The Bertz CT molecular complexity index is 2520. The van der Waals surface area contributed by atoms with Gasteiger partial charge >= 0.3 is 0 Å². The van der Waals surface area contributed by atoms with Crippen LogP contribution in [0.4, 0.5) is 11.4 Å². The lowest BCUT2D eigenvalue weighted by Crippen LogP contribution is -2.40. The minimum atomic E-state index is -0.364. The maximum absolute atomic E-state index is 13.5. The van der Waals surface area contributed by atoms with E-state index in [1.807, 2.05) is 36.4 Å². The number of anilines is 2. The molecule has 2 aromatic heterocycles. The van der Waals surface area contributed by atoms with Crippen molar-refractivity contribution in [3.63, 3.8) is 0 Å². The molecule has 1 aliphatic heterocycles. The third kappa shape index (κ3) is 7.59. The number of amides is 4. The molecule has 0 aliphatic carbocycles. The molecule has 0 spiro atoms. The fraction of sp³-hybridized carbons (Fsp3) is 0.105. The Balaban J connectivity index is 0.840. The molecule has 3 heterocycles. The molecule has 0 unspecified atom stereocenters. The second-order valence-corrected chi connectivity index (χ2v) is 16.7. The predicted octanol–water partition coefficient (Wildman–Crippen LogP) is 8.53. The van der Waals surface area contributed by atoms with Crippen molar-refractivity contribution in [1.82, 2.24) is 15.3 Å². The zero-order valence-electron chi connectivity index (χ0n) is 27.5. The first kappa shape index (κ1) is 35.1. The number of hydrogen-bond acceptors (Lipinski definition) is 11. The third-order valence-electron chi connectivity index (χ3n) is 8.19. The topological polar surface area (TPSA) is 131 Å². The first-order valence-corrected chi connectivity index (χ1v) is 20.2. The number of rotatable bonds is 12. The minimum absolute atomic E-state index is 0.121. The highest BCUT2D eigenvalue weighted by atomic mass is 35.5. The maximum atomic E-state index is 13.5. The SMILES string of the molecule is O=C(CSc1nc2ccc(NC(=O)CSc3nc4ccc(N5C(=O)c6cccc7cccc(c67)C5=O)cc4s3)cc2s1)NCCOc1ccc(Cl)cc1. The summed E-state index contributed by atoms with van der Waals surface area (Å²) in [5.41, 5.74) is 3.59. The Morgan fingerprint density at radius 1 is 0.755 bits per heavy atom. The number of halogens is 1. The van der Waals surface area contributed by atoms with Gasteiger partial charge in [0, 0.05) is 27.2 Å². The zero-order valence-corrected chi connectivity index (χ0v) is 31.5. The average Bonchev–Trinajstić information content (AvgIpc) is 3.77. The van der Waals surface area contributed by atoms with Crippen molar-refractivity contribution in [2.75, 3.05) is 34.9 Å². The van der Waals surface area contributed by atoms with Crippen LogP contribution in [0.15, 0.2) is 106 Å². The first-order chi connectivity index (χ1) is 25.8. The maximum Gasteiger partial charge on any atom is 0.265 e. The van der Waals surface area contributed by atoms with Gasteiger partial charge in [-0.2, -0.15) is 0 Å². The van der Waals surface area contributed by atoms with Gasteiger partial charge in [-0.05, 0) is 78.2 Å². The van der Waals surface area contributed by atoms with E-state index in [4.69, 9.17) is 16.3 Å². The number of fused-ring (bicyclic) bond motifs is 2. The molecule has 0 saturated carbocycles.